The summed E-state index contributed by atoms with van der Waals surface area (Å²) in [5.41, 5.74) is 0.580. The predicted octanol–water partition coefficient (Wildman–Crippen LogP) is 1.99. The van der Waals surface area contributed by atoms with Crippen molar-refractivity contribution < 1.29 is 18.7 Å². The number of carbonyl (C=O) groups is 2. The molecule has 2 fully saturated rings. The molecule has 0 unspecified atom stereocenters. The van der Waals surface area contributed by atoms with Gasteiger partial charge >= 0.3 is 5.97 Å². The highest BCUT2D eigenvalue weighted by Crippen LogP contribution is 2.36. The number of hydrogen-bond donors (Lipinski definition) is 1. The number of amides is 1. The Bertz CT molecular complexity index is 825. The average molecular weight is 369 g/mol. The van der Waals surface area contributed by atoms with Gasteiger partial charge in [0.2, 0.25) is 11.7 Å². The number of esters is 1. The van der Waals surface area contributed by atoms with Gasteiger partial charge in [-0.2, -0.15) is 0 Å². The van der Waals surface area contributed by atoms with Gasteiger partial charge in [-0.3, -0.25) is 9.69 Å². The van der Waals surface area contributed by atoms with Gasteiger partial charge in [0.25, 0.3) is 0 Å². The number of anilines is 1. The zero-order chi connectivity index (χ0) is 18.9. The van der Waals surface area contributed by atoms with Gasteiger partial charge in [-0.15, -0.1) is 0 Å². The summed E-state index contributed by atoms with van der Waals surface area (Å²) in [6.07, 6.45) is 1.50. The number of methoxy groups -OCH3 is 1. The van der Waals surface area contributed by atoms with Gasteiger partial charge in [0.1, 0.15) is 11.3 Å². The van der Waals surface area contributed by atoms with Crippen molar-refractivity contribution in [2.75, 3.05) is 31.8 Å². The third-order valence-corrected chi connectivity index (χ3v) is 5.52. The first-order chi connectivity index (χ1) is 13.1. The first-order valence-corrected chi connectivity index (χ1v) is 9.13. The van der Waals surface area contributed by atoms with Crippen LogP contribution in [0.4, 0.5) is 5.69 Å². The number of piperidine rings is 1. The first kappa shape index (κ1) is 17.6. The number of nitrogens with zero attached hydrogens (tertiary/aromatic N) is 2. The van der Waals surface area contributed by atoms with E-state index in [1.807, 2.05) is 30.3 Å². The second-order valence-corrected chi connectivity index (χ2v) is 6.99. The van der Waals surface area contributed by atoms with Crippen LogP contribution in [0.2, 0.25) is 0 Å². The van der Waals surface area contributed by atoms with Gasteiger partial charge in [0, 0.05) is 18.8 Å². The molecule has 2 saturated heterocycles. The van der Waals surface area contributed by atoms with Crippen molar-refractivity contribution in [2.24, 2.45) is 0 Å². The van der Waals surface area contributed by atoms with E-state index in [-0.39, 0.29) is 11.7 Å². The molecular formula is C20H23N3O4. The SMILES string of the molecule is COC(=O)c1ccc(CN2CCC3(CC2)C(=O)NCN3c2ccccc2)o1. The van der Waals surface area contributed by atoms with Crippen molar-refractivity contribution >= 4 is 17.6 Å². The highest BCUT2D eigenvalue weighted by Gasteiger charge is 2.50. The fourth-order valence-corrected chi connectivity index (χ4v) is 4.01. The number of para-hydroxylation sites is 1. The van der Waals surface area contributed by atoms with Crippen LogP contribution in [0.1, 0.15) is 29.2 Å². The summed E-state index contributed by atoms with van der Waals surface area (Å²) >= 11 is 0. The number of nitrogens with one attached hydrogen (secondary N) is 1. The summed E-state index contributed by atoms with van der Waals surface area (Å²) in [5, 5.41) is 3.01. The normalized spacial score (nSPS) is 19.3. The number of hydrogen-bond acceptors (Lipinski definition) is 6. The zero-order valence-corrected chi connectivity index (χ0v) is 15.3. The molecule has 1 amide bonds. The molecular weight excluding hydrogens is 346 g/mol. The number of ether oxygens (including phenoxy) is 1. The summed E-state index contributed by atoms with van der Waals surface area (Å²) < 4.78 is 10.2. The number of carbonyl (C=O) groups excluding carboxylic acids is 2. The average Bonchev–Trinajstić information content (AvgIpc) is 3.29. The topological polar surface area (TPSA) is 75.0 Å². The Labute approximate surface area is 157 Å². The minimum atomic E-state index is -0.488. The Balaban J connectivity index is 1.43. The predicted molar refractivity (Wildman–Crippen MR) is 99.2 cm³/mol. The molecule has 0 aliphatic carbocycles. The summed E-state index contributed by atoms with van der Waals surface area (Å²) in [4.78, 5) is 28.6. The van der Waals surface area contributed by atoms with Gasteiger partial charge in [0.05, 0.1) is 20.3 Å². The number of rotatable bonds is 4. The lowest BCUT2D eigenvalue weighted by Gasteiger charge is -2.43. The third kappa shape index (κ3) is 3.19. The van der Waals surface area contributed by atoms with Gasteiger partial charge in [-0.25, -0.2) is 4.79 Å². The molecule has 0 radical (unpaired) electrons. The molecule has 1 N–H and O–H groups in total. The lowest BCUT2D eigenvalue weighted by molar-refractivity contribution is -0.125. The number of likely N-dealkylation sites (tertiary alicyclic amines) is 1. The molecule has 142 valence electrons. The lowest BCUT2D eigenvalue weighted by Crippen LogP contribution is -2.56. The lowest BCUT2D eigenvalue weighted by atomic mass is 9.85. The second kappa shape index (κ2) is 7.08. The molecule has 0 saturated carbocycles. The van der Waals surface area contributed by atoms with E-state index >= 15 is 0 Å². The molecule has 0 bridgehead atoms. The van der Waals surface area contributed by atoms with Gasteiger partial charge in [0.15, 0.2) is 0 Å². The zero-order valence-electron chi connectivity index (χ0n) is 15.3. The van der Waals surface area contributed by atoms with Crippen molar-refractivity contribution in [3.8, 4) is 0 Å². The maximum absolute atomic E-state index is 12.7. The van der Waals surface area contributed by atoms with Crippen LogP contribution in [0.3, 0.4) is 0 Å². The van der Waals surface area contributed by atoms with Crippen molar-refractivity contribution in [3.63, 3.8) is 0 Å². The largest absolute Gasteiger partial charge is 0.463 e. The monoisotopic (exact) mass is 369 g/mol. The van der Waals surface area contributed by atoms with E-state index in [4.69, 9.17) is 4.42 Å². The second-order valence-electron chi connectivity index (χ2n) is 6.99. The molecule has 2 aromatic rings. The minimum Gasteiger partial charge on any atom is -0.463 e. The van der Waals surface area contributed by atoms with E-state index < -0.39 is 11.5 Å². The summed E-state index contributed by atoms with van der Waals surface area (Å²) in [5.74, 6) is 0.575. The molecule has 1 aromatic heterocycles. The van der Waals surface area contributed by atoms with Gasteiger partial charge < -0.3 is 19.4 Å². The van der Waals surface area contributed by atoms with E-state index in [1.54, 1.807) is 12.1 Å². The maximum Gasteiger partial charge on any atom is 0.373 e. The fourth-order valence-electron chi connectivity index (χ4n) is 4.01. The van der Waals surface area contributed by atoms with Crippen molar-refractivity contribution in [1.82, 2.24) is 10.2 Å². The van der Waals surface area contributed by atoms with Crippen molar-refractivity contribution in [3.05, 3.63) is 54.0 Å². The fraction of sp³-hybridized carbons (Fsp3) is 0.400. The van der Waals surface area contributed by atoms with E-state index in [2.05, 4.69) is 19.9 Å². The van der Waals surface area contributed by atoms with Crippen LogP contribution in [0, 0.1) is 0 Å². The van der Waals surface area contributed by atoms with Crippen LogP contribution in [-0.2, 0) is 16.1 Å². The van der Waals surface area contributed by atoms with Crippen LogP contribution in [0.25, 0.3) is 0 Å². The molecule has 27 heavy (non-hydrogen) atoms. The van der Waals surface area contributed by atoms with Crippen molar-refractivity contribution in [2.45, 2.75) is 24.9 Å². The Morgan fingerprint density at radius 1 is 1.19 bits per heavy atom. The standard InChI is InChI=1S/C20H23N3O4/c1-26-18(24)17-8-7-16(27-17)13-22-11-9-20(10-12-22)19(25)21-14-23(20)15-5-3-2-4-6-15/h2-8H,9-14H2,1H3,(H,21,25). The Morgan fingerprint density at radius 3 is 2.63 bits per heavy atom. The molecule has 2 aliphatic rings. The van der Waals surface area contributed by atoms with Crippen molar-refractivity contribution in [1.29, 1.82) is 0 Å². The molecule has 7 nitrogen and oxygen atoms in total. The molecule has 2 aliphatic heterocycles. The Kier molecular flexibility index (Phi) is 4.61. The van der Waals surface area contributed by atoms with Crippen LogP contribution in [0.15, 0.2) is 46.9 Å². The van der Waals surface area contributed by atoms with Gasteiger partial charge in [-0.1, -0.05) is 18.2 Å². The molecule has 3 heterocycles. The van der Waals surface area contributed by atoms with Crippen LogP contribution in [0.5, 0.6) is 0 Å². The van der Waals surface area contributed by atoms with E-state index in [0.29, 0.717) is 13.2 Å². The molecule has 0 atom stereocenters. The first-order valence-electron chi connectivity index (χ1n) is 9.13. The summed E-state index contributed by atoms with van der Waals surface area (Å²) in [7, 11) is 1.33. The Hall–Kier alpha value is -2.80. The van der Waals surface area contributed by atoms with E-state index in [0.717, 1.165) is 37.4 Å². The quantitative estimate of drug-likeness (QED) is 0.831. The highest BCUT2D eigenvalue weighted by atomic mass is 16.5. The van der Waals surface area contributed by atoms with Crippen LogP contribution >= 0.6 is 0 Å². The number of furan rings is 1. The molecule has 1 aromatic carbocycles. The van der Waals surface area contributed by atoms with Crippen LogP contribution in [-0.4, -0.2) is 49.2 Å². The highest BCUT2D eigenvalue weighted by molar-refractivity contribution is 5.93. The summed E-state index contributed by atoms with van der Waals surface area (Å²) in [6, 6.07) is 13.5. The smallest absolute Gasteiger partial charge is 0.373 e. The van der Waals surface area contributed by atoms with E-state index in [9.17, 15) is 9.59 Å². The third-order valence-electron chi connectivity index (χ3n) is 5.52. The molecule has 4 rings (SSSR count). The molecule has 1 spiro atoms. The van der Waals surface area contributed by atoms with Gasteiger partial charge in [-0.05, 0) is 37.1 Å². The van der Waals surface area contributed by atoms with Crippen LogP contribution < -0.4 is 10.2 Å². The summed E-state index contributed by atoms with van der Waals surface area (Å²) in [6.45, 7) is 2.72. The van der Waals surface area contributed by atoms with E-state index in [1.165, 1.54) is 7.11 Å². The molecule has 7 heteroatoms. The Morgan fingerprint density at radius 2 is 1.93 bits per heavy atom. The number of benzene rings is 1. The maximum atomic E-state index is 12.7. The minimum absolute atomic E-state index is 0.108.